The van der Waals surface area contributed by atoms with Gasteiger partial charge in [-0.3, -0.25) is 29.3 Å². The molecule has 3 aromatic heterocycles. The Morgan fingerprint density at radius 1 is 0.347 bits per heavy atom. The third-order valence-electron chi connectivity index (χ3n) is 15.3. The van der Waals surface area contributed by atoms with Crippen molar-refractivity contribution in [3.05, 3.63) is 324 Å². The standard InChI is InChI=1S/C27H22N2O3.2C26H20N2O3.Na/c1-18-8-6-7-11-23(18)20-12-13-24(27(31)32-2)25(15-20)29-26(30)22-14-21(16-28-17-22)19-9-4-3-5-10-19;2*1-17-7-5-6-10-22(17)19-11-12-23(26(30)31)24(14-19)28-25(29)21-13-20(15-27-16-21)18-8-3-2-4-9-18;/h3-17H,1-2H3,(H,29,30);2*2-16H,1H3,(H,28,29)(H,30,31);/q;;;+1/p-1. The molecule has 15 nitrogen and oxygen atoms in total. The molecule has 9 aromatic carbocycles. The number of ether oxygens (including phenoxy) is 1. The maximum absolute atomic E-state index is 13.1. The first-order chi connectivity index (χ1) is 45.6. The number of nitrogens with one attached hydrogen (secondary N) is 3. The Bertz CT molecular complexity index is 4580. The average molecular weight is 1260 g/mol. The molecule has 0 aliphatic rings. The summed E-state index contributed by atoms with van der Waals surface area (Å²) in [5, 5.41) is 29.6. The SMILES string of the molecule is COC(=O)c1ccc(-c2ccccc2C)cc1NC(=O)c1cncc(-c2ccccc2)c1.Cc1ccccc1-c1ccc(C(=O)O)c(NC(=O)c2cncc(-c3ccccc3)c2)c1.Cc1ccccc1-c1ccc(C(=O)[O-])c(NC(=O)c2cncc(-c3ccccc3)c2)c1.[Na+]. The molecule has 0 spiro atoms. The van der Waals surface area contributed by atoms with Crippen molar-refractivity contribution in [3.8, 4) is 66.8 Å². The zero-order chi connectivity index (χ0) is 66.1. The number of carbonyl (C=O) groups is 6. The molecule has 3 amide bonds. The molecule has 0 aliphatic carbocycles. The molecule has 4 N–H and O–H groups in total. The fourth-order valence-corrected chi connectivity index (χ4v) is 10.4. The monoisotopic (exact) mass is 1260 g/mol. The largest absolute Gasteiger partial charge is 1.00 e. The molecule has 0 saturated carbocycles. The topological polar surface area (TPSA) is 230 Å². The third-order valence-corrected chi connectivity index (χ3v) is 15.3. The number of methoxy groups -OCH3 is 1. The first-order valence-corrected chi connectivity index (χ1v) is 29.7. The number of pyridine rings is 3. The Morgan fingerprint density at radius 2 is 0.642 bits per heavy atom. The summed E-state index contributed by atoms with van der Waals surface area (Å²) >= 11 is 0. The maximum atomic E-state index is 13.1. The number of carboxylic acids is 2. The van der Waals surface area contributed by atoms with Crippen LogP contribution in [0.3, 0.4) is 0 Å². The molecule has 0 radical (unpaired) electrons. The number of carboxylic acid groups (broad SMARTS) is 2. The molecule has 0 aliphatic heterocycles. The van der Waals surface area contributed by atoms with Crippen LogP contribution < -0.4 is 50.6 Å². The molecule has 462 valence electrons. The van der Waals surface area contributed by atoms with Crippen LogP contribution in [0.15, 0.2) is 274 Å². The fourth-order valence-electron chi connectivity index (χ4n) is 10.4. The maximum Gasteiger partial charge on any atom is 1.00 e. The number of hydrogen-bond acceptors (Lipinski definition) is 11. The first kappa shape index (κ1) is 67.6. The van der Waals surface area contributed by atoms with Gasteiger partial charge in [-0.1, -0.05) is 188 Å². The average Bonchev–Trinajstić information content (AvgIpc) is 1.05. The summed E-state index contributed by atoms with van der Waals surface area (Å²) < 4.78 is 4.91. The van der Waals surface area contributed by atoms with E-state index in [-0.39, 0.29) is 63.5 Å². The van der Waals surface area contributed by atoms with E-state index in [1.165, 1.54) is 37.8 Å². The number of hydrogen-bond donors (Lipinski definition) is 4. The van der Waals surface area contributed by atoms with Crippen molar-refractivity contribution < 1.29 is 73.3 Å². The van der Waals surface area contributed by atoms with E-state index in [1.807, 2.05) is 191 Å². The van der Waals surface area contributed by atoms with Gasteiger partial charge in [-0.05, 0) is 136 Å². The van der Waals surface area contributed by atoms with E-state index in [1.54, 1.807) is 73.2 Å². The van der Waals surface area contributed by atoms with Gasteiger partial charge in [-0.15, -0.1) is 0 Å². The van der Waals surface area contributed by atoms with Crippen molar-refractivity contribution in [2.24, 2.45) is 0 Å². The van der Waals surface area contributed by atoms with Gasteiger partial charge in [0.25, 0.3) is 17.7 Å². The molecule has 0 atom stereocenters. The molecule has 95 heavy (non-hydrogen) atoms. The molecule has 0 unspecified atom stereocenters. The summed E-state index contributed by atoms with van der Waals surface area (Å²) in [4.78, 5) is 87.2. The van der Waals surface area contributed by atoms with Crippen molar-refractivity contribution in [1.29, 1.82) is 0 Å². The molecule has 3 heterocycles. The van der Waals surface area contributed by atoms with Gasteiger partial charge in [0, 0.05) is 59.4 Å². The third kappa shape index (κ3) is 17.1. The van der Waals surface area contributed by atoms with Crippen LogP contribution in [0.5, 0.6) is 0 Å². The number of rotatable bonds is 15. The number of anilines is 3. The number of esters is 1. The van der Waals surface area contributed by atoms with Crippen molar-refractivity contribution in [1.82, 2.24) is 15.0 Å². The zero-order valence-corrected chi connectivity index (χ0v) is 54.5. The van der Waals surface area contributed by atoms with E-state index < -0.39 is 29.7 Å². The second kappa shape index (κ2) is 32.0. The van der Waals surface area contributed by atoms with Crippen LogP contribution in [0.1, 0.15) is 78.8 Å². The minimum Gasteiger partial charge on any atom is -0.545 e. The van der Waals surface area contributed by atoms with E-state index in [2.05, 4.69) is 30.9 Å². The Hall–Kier alpha value is -11.8. The van der Waals surface area contributed by atoms with Gasteiger partial charge in [0.2, 0.25) is 0 Å². The molecule has 0 bridgehead atoms. The smallest absolute Gasteiger partial charge is 0.545 e. The number of aromatic carboxylic acids is 2. The van der Waals surface area contributed by atoms with E-state index in [0.29, 0.717) is 22.4 Å². The molecule has 0 fully saturated rings. The Morgan fingerprint density at radius 3 is 0.958 bits per heavy atom. The van der Waals surface area contributed by atoms with E-state index in [4.69, 9.17) is 4.74 Å². The van der Waals surface area contributed by atoms with Crippen molar-refractivity contribution in [2.45, 2.75) is 20.8 Å². The number of nitrogens with zero attached hydrogens (tertiary/aromatic N) is 3. The first-order valence-electron chi connectivity index (χ1n) is 29.7. The van der Waals surface area contributed by atoms with Gasteiger partial charge in [0.1, 0.15) is 0 Å². The van der Waals surface area contributed by atoms with Gasteiger partial charge < -0.3 is 35.7 Å². The molecular formula is C79H61N6NaO9. The van der Waals surface area contributed by atoms with E-state index in [9.17, 15) is 39.0 Å². The second-order valence-corrected chi connectivity index (χ2v) is 21.7. The normalized spacial score (nSPS) is 10.4. The fraction of sp³-hybridized carbons (Fsp3) is 0.0506. The summed E-state index contributed by atoms with van der Waals surface area (Å²) in [5.74, 6) is -4.22. The minimum atomic E-state index is -1.36. The summed E-state index contributed by atoms with van der Waals surface area (Å²) in [6, 6.07) is 72.8. The predicted molar refractivity (Wildman–Crippen MR) is 365 cm³/mol. The summed E-state index contributed by atoms with van der Waals surface area (Å²) in [7, 11) is 1.32. The Kier molecular flexibility index (Phi) is 22.8. The van der Waals surface area contributed by atoms with Crippen LogP contribution in [0.2, 0.25) is 0 Å². The minimum absolute atomic E-state index is 0. The van der Waals surface area contributed by atoms with E-state index in [0.717, 1.165) is 83.5 Å². The molecule has 12 rings (SSSR count). The summed E-state index contributed by atoms with van der Waals surface area (Å²) in [6.07, 6.45) is 9.50. The summed E-state index contributed by atoms with van der Waals surface area (Å²) in [5.41, 5.74) is 16.0. The van der Waals surface area contributed by atoms with Gasteiger partial charge in [0.15, 0.2) is 0 Å². The molecule has 12 aromatic rings. The van der Waals surface area contributed by atoms with Gasteiger partial charge in [-0.2, -0.15) is 0 Å². The zero-order valence-electron chi connectivity index (χ0n) is 52.5. The summed E-state index contributed by atoms with van der Waals surface area (Å²) in [6.45, 7) is 5.98. The van der Waals surface area contributed by atoms with Crippen LogP contribution >= 0.6 is 0 Å². The number of carbonyl (C=O) groups excluding carboxylic acids is 5. The van der Waals surface area contributed by atoms with Gasteiger partial charge >= 0.3 is 41.5 Å². The van der Waals surface area contributed by atoms with Gasteiger partial charge in [-0.25, -0.2) is 9.59 Å². The Labute approximate surface area is 571 Å². The Balaban J connectivity index is 0.000000167. The van der Waals surface area contributed by atoms with Gasteiger partial charge in [0.05, 0.1) is 58.0 Å². The van der Waals surface area contributed by atoms with Crippen LogP contribution in [-0.4, -0.2) is 62.8 Å². The molecule has 16 heteroatoms. The number of aryl methyl sites for hydroxylation is 3. The second-order valence-electron chi connectivity index (χ2n) is 21.7. The van der Waals surface area contributed by atoms with Crippen molar-refractivity contribution in [3.63, 3.8) is 0 Å². The number of benzene rings is 9. The number of amides is 3. The van der Waals surface area contributed by atoms with Crippen LogP contribution in [0.4, 0.5) is 17.1 Å². The molecular weight excluding hydrogens is 1200 g/mol. The predicted octanol–water partition coefficient (Wildman–Crippen LogP) is 12.8. The number of aromatic nitrogens is 3. The quantitative estimate of drug-likeness (QED) is 0.0555. The van der Waals surface area contributed by atoms with Crippen molar-refractivity contribution >= 4 is 52.7 Å². The molecule has 0 saturated heterocycles. The van der Waals surface area contributed by atoms with Crippen molar-refractivity contribution in [2.75, 3.05) is 23.1 Å². The van der Waals surface area contributed by atoms with Crippen LogP contribution in [-0.2, 0) is 4.74 Å². The van der Waals surface area contributed by atoms with Crippen LogP contribution in [0, 0.1) is 20.8 Å². The van der Waals surface area contributed by atoms with Crippen LogP contribution in [0.25, 0.3) is 66.8 Å². The van der Waals surface area contributed by atoms with E-state index >= 15 is 0 Å².